The largest absolute Gasteiger partial charge is 0.353 e. The minimum absolute atomic E-state index is 0.297. The first-order valence-electron chi connectivity index (χ1n) is 8.64. The molecular formula is C19H24N6. The lowest BCUT2D eigenvalue weighted by molar-refractivity contribution is 0.480. The van der Waals surface area contributed by atoms with Gasteiger partial charge in [-0.05, 0) is 50.8 Å². The lowest BCUT2D eigenvalue weighted by Crippen LogP contribution is -2.47. The van der Waals surface area contributed by atoms with Crippen molar-refractivity contribution in [3.8, 4) is 6.07 Å². The van der Waals surface area contributed by atoms with Crippen LogP contribution in [0, 0.1) is 32.1 Å². The van der Waals surface area contributed by atoms with E-state index in [-0.39, 0.29) is 0 Å². The fraction of sp³-hybridized carbons (Fsp3) is 0.474. The van der Waals surface area contributed by atoms with Crippen LogP contribution in [0.2, 0.25) is 0 Å². The number of likely N-dealkylation sites (N-methyl/N-ethyl adjacent to an activating group) is 1. The molecule has 2 aromatic rings. The summed E-state index contributed by atoms with van der Waals surface area (Å²) in [6, 6.07) is 4.59. The zero-order chi connectivity index (χ0) is 18.0. The van der Waals surface area contributed by atoms with E-state index in [0.717, 1.165) is 54.5 Å². The molecule has 3 rings (SSSR count). The van der Waals surface area contributed by atoms with Crippen LogP contribution in [0.1, 0.15) is 35.2 Å². The van der Waals surface area contributed by atoms with Crippen molar-refractivity contribution in [1.29, 1.82) is 5.26 Å². The van der Waals surface area contributed by atoms with Gasteiger partial charge in [0.25, 0.3) is 0 Å². The Morgan fingerprint density at radius 3 is 2.64 bits per heavy atom. The zero-order valence-electron chi connectivity index (χ0n) is 15.3. The smallest absolute Gasteiger partial charge is 0.225 e. The average molecular weight is 336 g/mol. The maximum absolute atomic E-state index is 9.55. The highest BCUT2D eigenvalue weighted by Crippen LogP contribution is 2.27. The van der Waals surface area contributed by atoms with E-state index in [2.05, 4.69) is 30.8 Å². The van der Waals surface area contributed by atoms with Crippen LogP contribution in [0.25, 0.3) is 0 Å². The Balaban J connectivity index is 1.84. The SMILES string of the molecule is Cc1cnc(N(C)C2CCCN(c3nc(C)cc(C)c3C#N)C2)nc1. The maximum Gasteiger partial charge on any atom is 0.225 e. The number of pyridine rings is 1. The van der Waals surface area contributed by atoms with Crippen LogP contribution in [0.4, 0.5) is 11.8 Å². The first-order chi connectivity index (χ1) is 12.0. The number of nitriles is 1. The van der Waals surface area contributed by atoms with E-state index in [1.54, 1.807) is 0 Å². The van der Waals surface area contributed by atoms with Gasteiger partial charge in [0.15, 0.2) is 0 Å². The predicted octanol–water partition coefficient (Wildman–Crippen LogP) is 2.77. The molecule has 1 unspecified atom stereocenters. The number of hydrogen-bond acceptors (Lipinski definition) is 6. The van der Waals surface area contributed by atoms with E-state index in [9.17, 15) is 5.26 Å². The van der Waals surface area contributed by atoms with Crippen molar-refractivity contribution >= 4 is 11.8 Å². The normalized spacial score (nSPS) is 17.2. The molecule has 0 amide bonds. The van der Waals surface area contributed by atoms with Crippen LogP contribution in [-0.2, 0) is 0 Å². The third kappa shape index (κ3) is 3.55. The quantitative estimate of drug-likeness (QED) is 0.858. The molecule has 25 heavy (non-hydrogen) atoms. The average Bonchev–Trinajstić information content (AvgIpc) is 2.61. The van der Waals surface area contributed by atoms with E-state index >= 15 is 0 Å². The lowest BCUT2D eigenvalue weighted by atomic mass is 10.0. The molecule has 0 aliphatic carbocycles. The molecule has 6 heteroatoms. The van der Waals surface area contributed by atoms with Gasteiger partial charge in [0.05, 0.1) is 5.56 Å². The van der Waals surface area contributed by atoms with Gasteiger partial charge >= 0.3 is 0 Å². The zero-order valence-corrected chi connectivity index (χ0v) is 15.3. The molecule has 1 aliphatic heterocycles. The number of hydrogen-bond donors (Lipinski definition) is 0. The summed E-state index contributed by atoms with van der Waals surface area (Å²) in [7, 11) is 2.04. The Morgan fingerprint density at radius 1 is 1.24 bits per heavy atom. The topological polar surface area (TPSA) is 68.9 Å². The van der Waals surface area contributed by atoms with Crippen molar-refractivity contribution < 1.29 is 0 Å². The third-order valence-electron chi connectivity index (χ3n) is 4.76. The molecule has 0 aromatic carbocycles. The van der Waals surface area contributed by atoms with Crippen molar-refractivity contribution in [2.75, 3.05) is 29.9 Å². The van der Waals surface area contributed by atoms with Gasteiger partial charge in [-0.3, -0.25) is 0 Å². The Morgan fingerprint density at radius 2 is 1.96 bits per heavy atom. The molecule has 0 saturated carbocycles. The van der Waals surface area contributed by atoms with Gasteiger partial charge in [-0.1, -0.05) is 0 Å². The van der Waals surface area contributed by atoms with Crippen LogP contribution >= 0.6 is 0 Å². The van der Waals surface area contributed by atoms with Crippen molar-refractivity contribution in [1.82, 2.24) is 15.0 Å². The van der Waals surface area contributed by atoms with Crippen LogP contribution in [0.5, 0.6) is 0 Å². The molecule has 3 heterocycles. The van der Waals surface area contributed by atoms with Gasteiger partial charge in [0.1, 0.15) is 11.9 Å². The summed E-state index contributed by atoms with van der Waals surface area (Å²) in [6.07, 6.45) is 5.83. The number of nitrogens with zero attached hydrogens (tertiary/aromatic N) is 6. The second-order valence-corrected chi connectivity index (χ2v) is 6.80. The minimum atomic E-state index is 0.297. The lowest BCUT2D eigenvalue weighted by Gasteiger charge is -2.38. The molecule has 130 valence electrons. The summed E-state index contributed by atoms with van der Waals surface area (Å²) in [5, 5.41) is 9.55. The standard InChI is InChI=1S/C19H24N6/c1-13-10-21-19(22-11-13)24(4)16-6-5-7-25(12-16)18-17(9-20)14(2)8-15(3)23-18/h8,10-11,16H,5-7,12H2,1-4H3. The van der Waals surface area contributed by atoms with E-state index in [4.69, 9.17) is 0 Å². The highest BCUT2D eigenvalue weighted by atomic mass is 15.3. The van der Waals surface area contributed by atoms with Gasteiger partial charge in [-0.25, -0.2) is 15.0 Å². The predicted molar refractivity (Wildman–Crippen MR) is 98.8 cm³/mol. The number of piperidine rings is 1. The summed E-state index contributed by atoms with van der Waals surface area (Å²) < 4.78 is 0. The molecule has 2 aromatic heterocycles. The second-order valence-electron chi connectivity index (χ2n) is 6.80. The maximum atomic E-state index is 9.55. The van der Waals surface area contributed by atoms with E-state index in [0.29, 0.717) is 11.6 Å². The molecule has 6 nitrogen and oxygen atoms in total. The number of aromatic nitrogens is 3. The van der Waals surface area contributed by atoms with Crippen LogP contribution in [0.3, 0.4) is 0 Å². The Labute approximate surface area is 149 Å². The number of anilines is 2. The molecular weight excluding hydrogens is 312 g/mol. The van der Waals surface area contributed by atoms with Gasteiger partial charge < -0.3 is 9.80 Å². The highest BCUT2D eigenvalue weighted by molar-refractivity contribution is 5.58. The fourth-order valence-corrected chi connectivity index (χ4v) is 3.38. The Kier molecular flexibility index (Phi) is 4.84. The molecule has 1 saturated heterocycles. The van der Waals surface area contributed by atoms with Crippen LogP contribution in [-0.4, -0.2) is 41.1 Å². The van der Waals surface area contributed by atoms with Gasteiger partial charge in [-0.2, -0.15) is 5.26 Å². The van der Waals surface area contributed by atoms with Crippen molar-refractivity contribution in [3.63, 3.8) is 0 Å². The summed E-state index contributed by atoms with van der Waals surface area (Å²) >= 11 is 0. The third-order valence-corrected chi connectivity index (χ3v) is 4.76. The summed E-state index contributed by atoms with van der Waals surface area (Å²) in [5.41, 5.74) is 3.67. The van der Waals surface area contributed by atoms with E-state index in [1.165, 1.54) is 0 Å². The molecule has 0 bridgehead atoms. The fourth-order valence-electron chi connectivity index (χ4n) is 3.38. The van der Waals surface area contributed by atoms with Crippen LogP contribution < -0.4 is 9.80 Å². The highest BCUT2D eigenvalue weighted by Gasteiger charge is 2.27. The van der Waals surface area contributed by atoms with Gasteiger partial charge in [0, 0.05) is 44.3 Å². The summed E-state index contributed by atoms with van der Waals surface area (Å²) in [4.78, 5) is 17.9. The number of aryl methyl sites for hydroxylation is 3. The molecule has 0 radical (unpaired) electrons. The van der Waals surface area contributed by atoms with Crippen molar-refractivity contribution in [2.24, 2.45) is 0 Å². The van der Waals surface area contributed by atoms with E-state index < -0.39 is 0 Å². The van der Waals surface area contributed by atoms with Crippen LogP contribution in [0.15, 0.2) is 18.5 Å². The monoisotopic (exact) mass is 336 g/mol. The molecule has 1 fully saturated rings. The summed E-state index contributed by atoms with van der Waals surface area (Å²) in [5.74, 6) is 1.55. The first kappa shape index (κ1) is 17.2. The van der Waals surface area contributed by atoms with Crippen molar-refractivity contribution in [3.05, 3.63) is 40.8 Å². The molecule has 0 spiro atoms. The van der Waals surface area contributed by atoms with Crippen molar-refractivity contribution in [2.45, 2.75) is 39.7 Å². The van der Waals surface area contributed by atoms with Gasteiger partial charge in [0.2, 0.25) is 5.95 Å². The Hall–Kier alpha value is -2.68. The molecule has 0 N–H and O–H groups in total. The first-order valence-corrected chi connectivity index (χ1v) is 8.64. The summed E-state index contributed by atoms with van der Waals surface area (Å²) in [6.45, 7) is 7.68. The number of rotatable bonds is 3. The molecule has 1 atom stereocenters. The Bertz CT molecular complexity index is 793. The minimum Gasteiger partial charge on any atom is -0.353 e. The molecule has 1 aliphatic rings. The van der Waals surface area contributed by atoms with Gasteiger partial charge in [-0.15, -0.1) is 0 Å². The van der Waals surface area contributed by atoms with E-state index in [1.807, 2.05) is 46.3 Å². The second kappa shape index (κ2) is 7.06.